The van der Waals surface area contributed by atoms with Crippen LogP contribution >= 0.6 is 0 Å². The summed E-state index contributed by atoms with van der Waals surface area (Å²) >= 11 is 0. The number of likely N-dealkylation sites (tertiary alicyclic amines) is 1. The van der Waals surface area contributed by atoms with Gasteiger partial charge in [0.25, 0.3) is 0 Å². The first-order valence-corrected chi connectivity index (χ1v) is 11.6. The summed E-state index contributed by atoms with van der Waals surface area (Å²) in [6.07, 6.45) is 4.33. The third-order valence-electron chi connectivity index (χ3n) is 6.52. The van der Waals surface area contributed by atoms with Crippen LogP contribution < -0.4 is 5.48 Å². The number of nitriles is 1. The average Bonchev–Trinajstić information content (AvgIpc) is 3.42. The molecule has 0 spiro atoms. The fraction of sp³-hybridized carbons (Fsp3) is 0.560. The largest absolute Gasteiger partial charge is 0.396 e. The van der Waals surface area contributed by atoms with Gasteiger partial charge in [0.15, 0.2) is 0 Å². The molecule has 2 aromatic rings. The average molecular weight is 455 g/mol. The van der Waals surface area contributed by atoms with Gasteiger partial charge in [0.05, 0.1) is 29.8 Å². The van der Waals surface area contributed by atoms with Crippen LogP contribution in [-0.2, 0) is 27.4 Å². The summed E-state index contributed by atoms with van der Waals surface area (Å²) in [6, 6.07) is 10.3. The van der Waals surface area contributed by atoms with Gasteiger partial charge in [-0.3, -0.25) is 14.4 Å². The van der Waals surface area contributed by atoms with Gasteiger partial charge in [0.2, 0.25) is 12.3 Å². The number of hydroxylamine groups is 1. The highest BCUT2D eigenvalue weighted by Crippen LogP contribution is 2.29. The van der Waals surface area contributed by atoms with Gasteiger partial charge in [-0.1, -0.05) is 6.07 Å². The summed E-state index contributed by atoms with van der Waals surface area (Å²) in [7, 11) is 0. The first-order chi connectivity index (χ1) is 15.8. The van der Waals surface area contributed by atoms with Crippen LogP contribution in [0.25, 0.3) is 10.9 Å². The standard InChI is InChI=1S/C25H34N4O4/c1-4-28-22(13-19-8-7-18(15-26)12-23(19)28)10-9-21-6-5-11-29(21)24(32)20(16-30)14-25(2,3)33-27-17-31/h7-8,12-13,17,20-21,30H,4-6,9-11,14,16H2,1-3H3,(H,27,31)/t20-,21+/m1/s1. The Morgan fingerprint density at radius 2 is 2.21 bits per heavy atom. The Kier molecular flexibility index (Phi) is 8.11. The Bertz CT molecular complexity index is 1020. The molecule has 1 aromatic carbocycles. The van der Waals surface area contributed by atoms with E-state index in [0.29, 0.717) is 24.9 Å². The second kappa shape index (κ2) is 10.8. The summed E-state index contributed by atoms with van der Waals surface area (Å²) in [6.45, 7) is 6.90. The van der Waals surface area contributed by atoms with Crippen LogP contribution in [0.4, 0.5) is 0 Å². The van der Waals surface area contributed by atoms with Crippen molar-refractivity contribution < 1.29 is 19.5 Å². The molecule has 1 aliphatic rings. The molecule has 2 amide bonds. The van der Waals surface area contributed by atoms with Gasteiger partial charge in [-0.25, -0.2) is 5.48 Å². The van der Waals surface area contributed by atoms with Gasteiger partial charge in [-0.05, 0) is 76.5 Å². The van der Waals surface area contributed by atoms with E-state index in [1.165, 1.54) is 5.69 Å². The number of aromatic nitrogens is 1. The number of nitrogens with zero attached hydrogens (tertiary/aromatic N) is 3. The highest BCUT2D eigenvalue weighted by molar-refractivity contribution is 5.83. The van der Waals surface area contributed by atoms with Crippen LogP contribution in [0.5, 0.6) is 0 Å². The van der Waals surface area contributed by atoms with Crippen LogP contribution in [-0.4, -0.2) is 51.7 Å². The Balaban J connectivity index is 1.70. The van der Waals surface area contributed by atoms with Crippen molar-refractivity contribution in [1.82, 2.24) is 14.9 Å². The number of aryl methyl sites for hydroxylation is 2. The molecule has 2 atom stereocenters. The fourth-order valence-corrected chi connectivity index (χ4v) is 4.99. The predicted molar refractivity (Wildman–Crippen MR) is 125 cm³/mol. The molecule has 8 nitrogen and oxygen atoms in total. The molecule has 3 rings (SSSR count). The lowest BCUT2D eigenvalue weighted by molar-refractivity contribution is -0.148. The molecule has 0 radical (unpaired) electrons. The van der Waals surface area contributed by atoms with Gasteiger partial charge in [-0.2, -0.15) is 5.26 Å². The number of aliphatic hydroxyl groups excluding tert-OH is 1. The maximum atomic E-state index is 13.3. The van der Waals surface area contributed by atoms with E-state index in [4.69, 9.17) is 4.84 Å². The monoisotopic (exact) mass is 454 g/mol. The minimum atomic E-state index is -0.774. The number of carbonyl (C=O) groups excluding carboxylic acids is 2. The fourth-order valence-electron chi connectivity index (χ4n) is 4.99. The quantitative estimate of drug-likeness (QED) is 0.401. The molecule has 2 N–H and O–H groups in total. The summed E-state index contributed by atoms with van der Waals surface area (Å²) in [5, 5.41) is 20.3. The zero-order valence-corrected chi connectivity index (χ0v) is 19.7. The van der Waals surface area contributed by atoms with E-state index in [2.05, 4.69) is 29.1 Å². The van der Waals surface area contributed by atoms with Gasteiger partial charge >= 0.3 is 0 Å². The van der Waals surface area contributed by atoms with Gasteiger partial charge in [0, 0.05) is 30.3 Å². The summed E-state index contributed by atoms with van der Waals surface area (Å²) in [4.78, 5) is 31.0. The van der Waals surface area contributed by atoms with Crippen LogP contribution in [0.1, 0.15) is 57.7 Å². The molecule has 33 heavy (non-hydrogen) atoms. The van der Waals surface area contributed by atoms with Crippen molar-refractivity contribution in [3.05, 3.63) is 35.5 Å². The van der Waals surface area contributed by atoms with Crippen molar-refractivity contribution in [3.8, 4) is 6.07 Å². The van der Waals surface area contributed by atoms with Crippen LogP contribution in [0.2, 0.25) is 0 Å². The SMILES string of the molecule is CCn1c(CC[C@@H]2CCCN2C(=O)[C@@H](CO)CC(C)(C)ONC=O)cc2ccc(C#N)cc21. The maximum Gasteiger partial charge on any atom is 0.230 e. The molecule has 2 heterocycles. The van der Waals surface area contributed by atoms with E-state index in [1.54, 1.807) is 13.8 Å². The number of aliphatic hydroxyl groups is 1. The molecule has 0 bridgehead atoms. The Labute approximate surface area is 195 Å². The smallest absolute Gasteiger partial charge is 0.230 e. The number of carbonyl (C=O) groups is 2. The van der Waals surface area contributed by atoms with Crippen molar-refractivity contribution in [3.63, 3.8) is 0 Å². The molecule has 1 fully saturated rings. The van der Waals surface area contributed by atoms with E-state index >= 15 is 0 Å². The molecular weight excluding hydrogens is 420 g/mol. The van der Waals surface area contributed by atoms with Crippen LogP contribution in [0, 0.1) is 17.2 Å². The summed E-state index contributed by atoms with van der Waals surface area (Å²) < 4.78 is 2.24. The maximum absolute atomic E-state index is 13.3. The van der Waals surface area contributed by atoms with E-state index in [0.717, 1.165) is 43.1 Å². The molecule has 1 aromatic heterocycles. The number of nitrogens with one attached hydrogen (secondary N) is 1. The lowest BCUT2D eigenvalue weighted by Crippen LogP contribution is -2.44. The number of amides is 2. The summed E-state index contributed by atoms with van der Waals surface area (Å²) in [5.41, 5.74) is 4.34. The highest BCUT2D eigenvalue weighted by Gasteiger charge is 2.36. The first kappa shape index (κ1) is 24.7. The van der Waals surface area contributed by atoms with Gasteiger partial charge in [-0.15, -0.1) is 0 Å². The van der Waals surface area contributed by atoms with Crippen molar-refractivity contribution in [2.45, 2.75) is 71.1 Å². The van der Waals surface area contributed by atoms with E-state index < -0.39 is 11.5 Å². The zero-order valence-electron chi connectivity index (χ0n) is 19.7. The van der Waals surface area contributed by atoms with Crippen molar-refractivity contribution >= 4 is 23.2 Å². The molecule has 1 aliphatic heterocycles. The van der Waals surface area contributed by atoms with Crippen molar-refractivity contribution in [2.75, 3.05) is 13.2 Å². The molecule has 0 unspecified atom stereocenters. The van der Waals surface area contributed by atoms with E-state index in [1.807, 2.05) is 23.1 Å². The number of benzene rings is 1. The Hall–Kier alpha value is -2.89. The molecule has 178 valence electrons. The van der Waals surface area contributed by atoms with Gasteiger partial charge < -0.3 is 14.6 Å². The predicted octanol–water partition coefficient (Wildman–Crippen LogP) is 2.91. The van der Waals surface area contributed by atoms with E-state index in [9.17, 15) is 20.0 Å². The molecule has 1 saturated heterocycles. The molecule has 0 aliphatic carbocycles. The zero-order chi connectivity index (χ0) is 24.0. The second-order valence-corrected chi connectivity index (χ2v) is 9.31. The third-order valence-corrected chi connectivity index (χ3v) is 6.52. The van der Waals surface area contributed by atoms with E-state index in [-0.39, 0.29) is 18.6 Å². The van der Waals surface area contributed by atoms with Crippen LogP contribution in [0.15, 0.2) is 24.3 Å². The van der Waals surface area contributed by atoms with Crippen molar-refractivity contribution in [1.29, 1.82) is 5.26 Å². The highest BCUT2D eigenvalue weighted by atomic mass is 16.7. The number of hydrogen-bond acceptors (Lipinski definition) is 5. The first-order valence-electron chi connectivity index (χ1n) is 11.6. The topological polar surface area (TPSA) is 108 Å². The normalized spacial score (nSPS) is 17.2. The minimum Gasteiger partial charge on any atom is -0.396 e. The summed E-state index contributed by atoms with van der Waals surface area (Å²) in [5.74, 6) is -0.641. The Morgan fingerprint density at radius 3 is 2.88 bits per heavy atom. The lowest BCUT2D eigenvalue weighted by Gasteiger charge is -2.32. The number of fused-ring (bicyclic) bond motifs is 1. The molecule has 0 saturated carbocycles. The van der Waals surface area contributed by atoms with Gasteiger partial charge in [0.1, 0.15) is 0 Å². The lowest BCUT2D eigenvalue weighted by atomic mass is 9.92. The Morgan fingerprint density at radius 1 is 1.42 bits per heavy atom. The molecule has 8 heteroatoms. The molecular formula is C25H34N4O4. The third kappa shape index (κ3) is 5.73. The number of rotatable bonds is 11. The minimum absolute atomic E-state index is 0.0579. The van der Waals surface area contributed by atoms with Crippen LogP contribution in [0.3, 0.4) is 0 Å². The number of hydrogen-bond donors (Lipinski definition) is 2. The van der Waals surface area contributed by atoms with Crippen molar-refractivity contribution in [2.24, 2.45) is 5.92 Å². The second-order valence-electron chi connectivity index (χ2n) is 9.31.